The van der Waals surface area contributed by atoms with Gasteiger partial charge in [0.15, 0.2) is 0 Å². The molecule has 1 aromatic rings. The van der Waals surface area contributed by atoms with Gasteiger partial charge in [-0.15, -0.1) is 0 Å². The number of benzene rings is 1. The van der Waals surface area contributed by atoms with Crippen molar-refractivity contribution in [3.8, 4) is 0 Å². The van der Waals surface area contributed by atoms with Crippen LogP contribution in [0.5, 0.6) is 0 Å². The molecule has 2 N–H and O–H groups in total. The molecule has 0 spiro atoms. The quantitative estimate of drug-likeness (QED) is 0.700. The van der Waals surface area contributed by atoms with Crippen molar-refractivity contribution in [1.29, 1.82) is 0 Å². The van der Waals surface area contributed by atoms with Crippen molar-refractivity contribution in [1.82, 2.24) is 4.90 Å². The Bertz CT molecular complexity index is 442. The minimum Gasteiger partial charge on any atom is -0.478 e. The molecule has 0 amide bonds. The molecule has 0 saturated carbocycles. The fourth-order valence-electron chi connectivity index (χ4n) is 1.88. The van der Waals surface area contributed by atoms with Gasteiger partial charge in [-0.3, -0.25) is 4.90 Å². The van der Waals surface area contributed by atoms with Gasteiger partial charge in [0.05, 0.1) is 12.7 Å². The lowest BCUT2D eigenvalue weighted by atomic mass is 10.1. The molecule has 0 aliphatic carbocycles. The first-order valence-electron chi connectivity index (χ1n) is 6.36. The highest BCUT2D eigenvalue weighted by molar-refractivity contribution is 5.85. The van der Waals surface area contributed by atoms with Gasteiger partial charge in [0, 0.05) is 26.3 Å². The zero-order chi connectivity index (χ0) is 15.0. The maximum Gasteiger partial charge on any atom is 0.328 e. The monoisotopic (exact) mass is 279 g/mol. The molecule has 0 bridgehead atoms. The summed E-state index contributed by atoms with van der Waals surface area (Å²) in [5.74, 6) is -0.957. The number of nitrogens with zero attached hydrogens (tertiary/aromatic N) is 1. The second-order valence-corrected chi connectivity index (χ2v) is 4.72. The van der Waals surface area contributed by atoms with Gasteiger partial charge in [-0.25, -0.2) is 4.79 Å². The summed E-state index contributed by atoms with van der Waals surface area (Å²) in [5, 5.41) is 18.2. The van der Waals surface area contributed by atoms with E-state index in [1.807, 2.05) is 36.2 Å². The molecular formula is C15H21NO4. The lowest BCUT2D eigenvalue weighted by molar-refractivity contribution is -0.131. The Morgan fingerprint density at radius 1 is 1.40 bits per heavy atom. The molecule has 1 unspecified atom stereocenters. The Morgan fingerprint density at radius 3 is 2.60 bits per heavy atom. The molecule has 5 nitrogen and oxygen atoms in total. The molecule has 0 aliphatic rings. The molecule has 20 heavy (non-hydrogen) atoms. The highest BCUT2D eigenvalue weighted by Crippen LogP contribution is 2.08. The Hall–Kier alpha value is -1.69. The Morgan fingerprint density at radius 2 is 2.05 bits per heavy atom. The van der Waals surface area contributed by atoms with Crippen LogP contribution in [-0.4, -0.2) is 54.5 Å². The zero-order valence-corrected chi connectivity index (χ0v) is 11.8. The lowest BCUT2D eigenvalue weighted by Gasteiger charge is -2.20. The summed E-state index contributed by atoms with van der Waals surface area (Å²) in [7, 11) is 3.49. The summed E-state index contributed by atoms with van der Waals surface area (Å²) in [6.07, 6.45) is 2.17. The SMILES string of the molecule is COCC(O)CN(C)Cc1ccc(C=CC(=O)O)cc1. The van der Waals surface area contributed by atoms with Gasteiger partial charge in [0.1, 0.15) is 0 Å². The van der Waals surface area contributed by atoms with E-state index in [9.17, 15) is 9.90 Å². The molecule has 0 radical (unpaired) electrons. The smallest absolute Gasteiger partial charge is 0.328 e. The molecule has 1 aromatic carbocycles. The number of rotatable bonds is 8. The molecule has 0 aliphatic heterocycles. The summed E-state index contributed by atoms with van der Waals surface area (Å²) < 4.78 is 4.88. The van der Waals surface area contributed by atoms with Crippen LogP contribution in [0.25, 0.3) is 6.08 Å². The van der Waals surface area contributed by atoms with Crippen molar-refractivity contribution < 1.29 is 19.7 Å². The average Bonchev–Trinajstić information content (AvgIpc) is 2.37. The van der Waals surface area contributed by atoms with E-state index in [-0.39, 0.29) is 0 Å². The van der Waals surface area contributed by atoms with Crippen molar-refractivity contribution in [2.45, 2.75) is 12.6 Å². The normalized spacial score (nSPS) is 13.0. The third-order valence-electron chi connectivity index (χ3n) is 2.73. The maximum atomic E-state index is 10.4. The number of likely N-dealkylation sites (N-methyl/N-ethyl adjacent to an activating group) is 1. The number of aliphatic hydroxyl groups excluding tert-OH is 1. The van der Waals surface area contributed by atoms with Crippen LogP contribution in [0.1, 0.15) is 11.1 Å². The molecule has 5 heteroatoms. The molecule has 0 fully saturated rings. The number of aliphatic carboxylic acids is 1. The first-order chi connectivity index (χ1) is 9.51. The van der Waals surface area contributed by atoms with Crippen molar-refractivity contribution >= 4 is 12.0 Å². The van der Waals surface area contributed by atoms with Gasteiger partial charge < -0.3 is 14.9 Å². The predicted octanol–water partition coefficient (Wildman–Crippen LogP) is 1.22. The Labute approximate surface area is 119 Å². The summed E-state index contributed by atoms with van der Waals surface area (Å²) in [6, 6.07) is 7.63. The number of hydrogen-bond acceptors (Lipinski definition) is 4. The van der Waals surface area contributed by atoms with Gasteiger partial charge in [0.2, 0.25) is 0 Å². The molecule has 0 saturated heterocycles. The molecule has 0 aromatic heterocycles. The minimum atomic E-state index is -0.957. The standard InChI is InChI=1S/C15H21NO4/c1-16(10-14(17)11-20-2)9-13-5-3-12(4-6-13)7-8-15(18)19/h3-8,14,17H,9-11H2,1-2H3,(H,18,19). The van der Waals surface area contributed by atoms with E-state index in [4.69, 9.17) is 9.84 Å². The van der Waals surface area contributed by atoms with Crippen molar-refractivity contribution in [2.75, 3.05) is 27.3 Å². The van der Waals surface area contributed by atoms with Crippen LogP contribution < -0.4 is 0 Å². The largest absolute Gasteiger partial charge is 0.478 e. The van der Waals surface area contributed by atoms with Crippen LogP contribution in [0.15, 0.2) is 30.3 Å². The number of carboxylic acid groups (broad SMARTS) is 1. The number of methoxy groups -OCH3 is 1. The minimum absolute atomic E-state index is 0.323. The maximum absolute atomic E-state index is 10.4. The third-order valence-corrected chi connectivity index (χ3v) is 2.73. The molecular weight excluding hydrogens is 258 g/mol. The van der Waals surface area contributed by atoms with Gasteiger partial charge in [-0.05, 0) is 24.3 Å². The Balaban J connectivity index is 2.50. The van der Waals surface area contributed by atoms with Gasteiger partial charge in [-0.1, -0.05) is 24.3 Å². The van der Waals surface area contributed by atoms with E-state index in [1.54, 1.807) is 13.2 Å². The third kappa shape index (κ3) is 6.47. The highest BCUT2D eigenvalue weighted by Gasteiger charge is 2.08. The zero-order valence-electron chi connectivity index (χ0n) is 11.8. The molecule has 0 heterocycles. The second kappa shape index (κ2) is 8.47. The lowest BCUT2D eigenvalue weighted by Crippen LogP contribution is -2.31. The van der Waals surface area contributed by atoms with Crippen molar-refractivity contribution in [3.63, 3.8) is 0 Å². The van der Waals surface area contributed by atoms with Crippen LogP contribution in [0.4, 0.5) is 0 Å². The Kier molecular flexibility index (Phi) is 6.93. The average molecular weight is 279 g/mol. The van der Waals surface area contributed by atoms with Gasteiger partial charge in [-0.2, -0.15) is 0 Å². The number of hydrogen-bond donors (Lipinski definition) is 2. The first-order valence-corrected chi connectivity index (χ1v) is 6.36. The number of aliphatic hydroxyl groups is 1. The summed E-state index contributed by atoms with van der Waals surface area (Å²) in [5.41, 5.74) is 1.95. The topological polar surface area (TPSA) is 70.0 Å². The van der Waals surface area contributed by atoms with Gasteiger partial charge in [0.25, 0.3) is 0 Å². The molecule has 1 atom stereocenters. The van der Waals surface area contributed by atoms with Crippen molar-refractivity contribution in [3.05, 3.63) is 41.5 Å². The van der Waals surface area contributed by atoms with E-state index in [0.29, 0.717) is 19.7 Å². The van der Waals surface area contributed by atoms with Crippen LogP contribution in [0.2, 0.25) is 0 Å². The van der Waals surface area contributed by atoms with Crippen LogP contribution in [0.3, 0.4) is 0 Å². The summed E-state index contributed by atoms with van der Waals surface area (Å²) in [6.45, 7) is 1.57. The number of ether oxygens (including phenoxy) is 1. The van der Waals surface area contributed by atoms with Gasteiger partial charge >= 0.3 is 5.97 Å². The fourth-order valence-corrected chi connectivity index (χ4v) is 1.88. The fraction of sp³-hybridized carbons (Fsp3) is 0.400. The summed E-state index contributed by atoms with van der Waals surface area (Å²) in [4.78, 5) is 12.4. The van der Waals surface area contributed by atoms with E-state index < -0.39 is 12.1 Å². The van der Waals surface area contributed by atoms with Crippen LogP contribution >= 0.6 is 0 Å². The first kappa shape index (κ1) is 16.4. The predicted molar refractivity (Wildman–Crippen MR) is 77.3 cm³/mol. The van der Waals surface area contributed by atoms with E-state index in [1.165, 1.54) is 0 Å². The highest BCUT2D eigenvalue weighted by atomic mass is 16.5. The van der Waals surface area contributed by atoms with E-state index in [0.717, 1.165) is 17.2 Å². The van der Waals surface area contributed by atoms with Crippen molar-refractivity contribution in [2.24, 2.45) is 0 Å². The number of carboxylic acids is 1. The van der Waals surface area contributed by atoms with Crippen LogP contribution in [-0.2, 0) is 16.1 Å². The van der Waals surface area contributed by atoms with E-state index >= 15 is 0 Å². The van der Waals surface area contributed by atoms with Crippen LogP contribution in [0, 0.1) is 0 Å². The van der Waals surface area contributed by atoms with E-state index in [2.05, 4.69) is 0 Å². The molecule has 110 valence electrons. The molecule has 1 rings (SSSR count). The second-order valence-electron chi connectivity index (χ2n) is 4.72. The number of carbonyl (C=O) groups is 1. The summed E-state index contributed by atoms with van der Waals surface area (Å²) >= 11 is 0.